The average molecular weight is 280 g/mol. The largest absolute Gasteiger partial charge is 0.247 e. The topological polar surface area (TPSA) is 12.4 Å². The number of hydrogen-bond acceptors (Lipinski definition) is 2. The van der Waals surface area contributed by atoms with Crippen molar-refractivity contribution in [3.63, 3.8) is 0 Å². The number of aliphatic imine (C=N–C) groups is 1. The van der Waals surface area contributed by atoms with E-state index in [4.69, 9.17) is 4.99 Å². The van der Waals surface area contributed by atoms with Crippen LogP contribution in [0.2, 0.25) is 25.7 Å². The number of rotatable bonds is 5. The Morgan fingerprint density at radius 3 is 2.28 bits per heavy atom. The summed E-state index contributed by atoms with van der Waals surface area (Å²) in [5, 5.41) is 1.30. The summed E-state index contributed by atoms with van der Waals surface area (Å²) in [5.41, 5.74) is 2.38. The van der Waals surface area contributed by atoms with E-state index in [2.05, 4.69) is 57.8 Å². The lowest BCUT2D eigenvalue weighted by Crippen LogP contribution is -2.20. The van der Waals surface area contributed by atoms with Crippen LogP contribution in [0.15, 0.2) is 29.3 Å². The first-order chi connectivity index (χ1) is 8.40. The van der Waals surface area contributed by atoms with Gasteiger partial charge in [-0.15, -0.1) is 11.8 Å². The molecular weight excluding hydrogens is 254 g/mol. The van der Waals surface area contributed by atoms with Gasteiger partial charge in [-0.05, 0) is 31.2 Å². The van der Waals surface area contributed by atoms with Crippen LogP contribution >= 0.6 is 11.8 Å². The van der Waals surface area contributed by atoms with Gasteiger partial charge in [0.05, 0.1) is 10.7 Å². The summed E-state index contributed by atoms with van der Waals surface area (Å²) in [7, 11) is -0.969. The quantitative estimate of drug-likeness (QED) is 0.393. The third kappa shape index (κ3) is 6.41. The summed E-state index contributed by atoms with van der Waals surface area (Å²) in [6.07, 6.45) is 1.14. The van der Waals surface area contributed by atoms with E-state index in [1.165, 1.54) is 16.7 Å². The summed E-state index contributed by atoms with van der Waals surface area (Å²) in [6.45, 7) is 11.6. The van der Waals surface area contributed by atoms with Crippen LogP contribution in [0.5, 0.6) is 0 Å². The highest BCUT2D eigenvalue weighted by molar-refractivity contribution is 8.13. The summed E-state index contributed by atoms with van der Waals surface area (Å²) >= 11 is 1.89. The predicted molar refractivity (Wildman–Crippen MR) is 89.2 cm³/mol. The van der Waals surface area contributed by atoms with Gasteiger partial charge in [-0.1, -0.05) is 50.3 Å². The first kappa shape index (κ1) is 15.5. The highest BCUT2D eigenvalue weighted by atomic mass is 32.2. The maximum Gasteiger partial charge on any atom is 0.0735 e. The number of thioether (sulfide) groups is 1. The molecule has 1 aromatic carbocycles. The van der Waals surface area contributed by atoms with Gasteiger partial charge in [-0.3, -0.25) is 0 Å². The summed E-state index contributed by atoms with van der Waals surface area (Å²) in [4.78, 5) is 4.79. The number of benzene rings is 1. The Morgan fingerprint density at radius 2 is 1.78 bits per heavy atom. The smallest absolute Gasteiger partial charge is 0.0735 e. The normalized spacial score (nSPS) is 12.8. The van der Waals surface area contributed by atoms with Gasteiger partial charge < -0.3 is 0 Å². The predicted octanol–water partition coefficient (Wildman–Crippen LogP) is 5.51. The molecule has 0 radical (unpaired) electrons. The zero-order valence-electron chi connectivity index (χ0n) is 12.3. The molecular formula is C15H25NSSi. The van der Waals surface area contributed by atoms with Gasteiger partial charge in [0, 0.05) is 8.07 Å². The molecule has 1 nitrogen and oxygen atoms in total. The van der Waals surface area contributed by atoms with Crippen LogP contribution in [0.25, 0.3) is 0 Å². The molecule has 0 spiro atoms. The first-order valence-electron chi connectivity index (χ1n) is 6.68. The van der Waals surface area contributed by atoms with Crippen molar-refractivity contribution in [1.29, 1.82) is 0 Å². The van der Waals surface area contributed by atoms with Crippen LogP contribution < -0.4 is 0 Å². The fourth-order valence-corrected chi connectivity index (χ4v) is 3.49. The summed E-state index contributed by atoms with van der Waals surface area (Å²) < 4.78 is 0. The molecule has 100 valence electrons. The molecule has 0 amide bonds. The first-order valence-corrected chi connectivity index (χ1v) is 11.4. The van der Waals surface area contributed by atoms with Crippen LogP contribution in [0.1, 0.15) is 18.9 Å². The highest BCUT2D eigenvalue weighted by Gasteiger charge is 2.14. The van der Waals surface area contributed by atoms with Crippen molar-refractivity contribution in [3.05, 3.63) is 29.8 Å². The lowest BCUT2D eigenvalue weighted by molar-refractivity contribution is 1.22. The van der Waals surface area contributed by atoms with E-state index in [0.29, 0.717) is 0 Å². The van der Waals surface area contributed by atoms with Crippen LogP contribution in [-0.4, -0.2) is 18.9 Å². The molecule has 0 saturated heterocycles. The maximum absolute atomic E-state index is 4.79. The van der Waals surface area contributed by atoms with E-state index in [1.807, 2.05) is 11.8 Å². The molecule has 0 fully saturated rings. The van der Waals surface area contributed by atoms with Gasteiger partial charge in [0.1, 0.15) is 0 Å². The second-order valence-corrected chi connectivity index (χ2v) is 12.8. The van der Waals surface area contributed by atoms with E-state index in [1.54, 1.807) is 0 Å². The fraction of sp³-hybridized carbons (Fsp3) is 0.533. The average Bonchev–Trinajstić information content (AvgIpc) is 2.28. The van der Waals surface area contributed by atoms with Crippen molar-refractivity contribution < 1.29 is 0 Å². The van der Waals surface area contributed by atoms with Gasteiger partial charge in [0.25, 0.3) is 0 Å². The van der Waals surface area contributed by atoms with Crippen LogP contribution in [0.3, 0.4) is 0 Å². The molecule has 0 aromatic heterocycles. The third-order valence-corrected chi connectivity index (χ3v) is 5.35. The van der Waals surface area contributed by atoms with E-state index in [9.17, 15) is 0 Å². The molecule has 1 aromatic rings. The molecule has 3 heteroatoms. The Labute approximate surface area is 117 Å². The third-order valence-electron chi connectivity index (χ3n) is 2.69. The van der Waals surface area contributed by atoms with Gasteiger partial charge in [0.2, 0.25) is 0 Å². The number of hydrogen-bond donors (Lipinski definition) is 0. The van der Waals surface area contributed by atoms with Gasteiger partial charge in [-0.25, -0.2) is 4.99 Å². The molecule has 18 heavy (non-hydrogen) atoms. The Hall–Kier alpha value is -0.543. The Kier molecular flexibility index (Phi) is 6.16. The fourth-order valence-electron chi connectivity index (χ4n) is 1.57. The minimum absolute atomic E-state index is 0.969. The van der Waals surface area contributed by atoms with Gasteiger partial charge in [-0.2, -0.15) is 0 Å². The highest BCUT2D eigenvalue weighted by Crippen LogP contribution is 2.21. The van der Waals surface area contributed by atoms with Crippen molar-refractivity contribution in [2.75, 3.05) is 5.75 Å². The van der Waals surface area contributed by atoms with Crippen molar-refractivity contribution in [1.82, 2.24) is 0 Å². The minimum atomic E-state index is -0.969. The van der Waals surface area contributed by atoms with Crippen LogP contribution in [-0.2, 0) is 0 Å². The Balaban J connectivity index is 2.74. The molecule has 0 aliphatic carbocycles. The molecule has 0 atom stereocenters. The second kappa shape index (κ2) is 7.15. The molecule has 0 saturated carbocycles. The monoisotopic (exact) mass is 279 g/mol. The van der Waals surface area contributed by atoms with Crippen LogP contribution in [0.4, 0.5) is 5.69 Å². The maximum atomic E-state index is 4.79. The zero-order valence-corrected chi connectivity index (χ0v) is 14.1. The standard InChI is InChI=1S/C15H25NSSi/c1-6-17-15(11-12-18(3,4)5)16-14-9-7-13(2)8-10-14/h7-10H,6,11-12H2,1-5H3. The van der Waals surface area contributed by atoms with Crippen LogP contribution in [0, 0.1) is 6.92 Å². The molecule has 0 unspecified atom stereocenters. The molecule has 1 rings (SSSR count). The molecule has 0 N–H and O–H groups in total. The molecule has 0 heterocycles. The Morgan fingerprint density at radius 1 is 1.17 bits per heavy atom. The lowest BCUT2D eigenvalue weighted by atomic mass is 10.2. The van der Waals surface area contributed by atoms with Crippen molar-refractivity contribution in [2.45, 2.75) is 46.0 Å². The minimum Gasteiger partial charge on any atom is -0.247 e. The van der Waals surface area contributed by atoms with Crippen molar-refractivity contribution in [3.8, 4) is 0 Å². The van der Waals surface area contributed by atoms with E-state index in [0.717, 1.165) is 17.9 Å². The zero-order chi connectivity index (χ0) is 13.6. The molecule has 0 bridgehead atoms. The van der Waals surface area contributed by atoms with Crippen molar-refractivity contribution >= 4 is 30.6 Å². The van der Waals surface area contributed by atoms with Gasteiger partial charge in [0.15, 0.2) is 0 Å². The summed E-state index contributed by atoms with van der Waals surface area (Å²) in [6, 6.07) is 9.81. The van der Waals surface area contributed by atoms with Crippen molar-refractivity contribution in [2.24, 2.45) is 4.99 Å². The SMILES string of the molecule is CCSC(CC[Si](C)(C)C)=Nc1ccc(C)cc1. The second-order valence-electron chi connectivity index (χ2n) is 5.83. The molecule has 0 aliphatic rings. The van der Waals surface area contributed by atoms with E-state index < -0.39 is 8.07 Å². The lowest BCUT2D eigenvalue weighted by Gasteiger charge is -2.16. The number of nitrogens with zero attached hydrogens (tertiary/aromatic N) is 1. The van der Waals surface area contributed by atoms with Gasteiger partial charge >= 0.3 is 0 Å². The Bertz CT molecular complexity index is 390. The summed E-state index contributed by atoms with van der Waals surface area (Å²) in [5.74, 6) is 1.11. The van der Waals surface area contributed by atoms with E-state index in [-0.39, 0.29) is 0 Å². The van der Waals surface area contributed by atoms with E-state index >= 15 is 0 Å². The molecule has 0 aliphatic heterocycles. The number of aryl methyl sites for hydroxylation is 1.